The summed E-state index contributed by atoms with van der Waals surface area (Å²) >= 11 is 4.69. The molecule has 0 bridgehead atoms. The number of rotatable bonds is 18. The van der Waals surface area contributed by atoms with Crippen molar-refractivity contribution in [2.75, 3.05) is 59.2 Å². The summed E-state index contributed by atoms with van der Waals surface area (Å²) < 4.78 is 16.3. The first-order chi connectivity index (χ1) is 38.5. The van der Waals surface area contributed by atoms with Crippen LogP contribution in [0.2, 0.25) is 0 Å². The number of carboxylic acid groups (broad SMARTS) is 1. The first kappa shape index (κ1) is 61.5. The molecule has 0 saturated heterocycles. The SMILES string of the molecule is CCCC(N)C(=O)Nc1cccc(Sc2ccc3c(c2)OCC(=O)N3)c1.CCCC(N)C(=O)Nc1cccc(Sc2ccc3c(c2)OCC(=O)N3)c1.CCCC(NC)C(=O)O.Nc1cccc(Sc2ccc3c(c2)OCC(=O)N3)c1. The first-order valence-corrected chi connectivity index (χ1v) is 28.3. The minimum absolute atomic E-state index is 0.0284. The van der Waals surface area contributed by atoms with Gasteiger partial charge in [0.1, 0.15) is 23.3 Å². The van der Waals surface area contributed by atoms with E-state index in [4.69, 9.17) is 36.5 Å². The molecule has 422 valence electrons. The maximum Gasteiger partial charge on any atom is 0.320 e. The number of nitrogens with one attached hydrogen (secondary N) is 6. The van der Waals surface area contributed by atoms with Crippen molar-refractivity contribution in [1.29, 1.82) is 0 Å². The third-order valence-electron chi connectivity index (χ3n) is 11.6. The molecule has 5 amide bonds. The summed E-state index contributed by atoms with van der Waals surface area (Å²) in [5.41, 5.74) is 21.7. The number of anilines is 6. The Labute approximate surface area is 478 Å². The van der Waals surface area contributed by atoms with Crippen molar-refractivity contribution >= 4 is 105 Å². The maximum absolute atomic E-state index is 12.1. The number of benzene rings is 6. The Balaban J connectivity index is 0.000000181. The van der Waals surface area contributed by atoms with E-state index in [2.05, 4.69) is 31.9 Å². The van der Waals surface area contributed by atoms with E-state index in [0.717, 1.165) is 54.3 Å². The zero-order valence-corrected chi connectivity index (χ0v) is 47.2. The van der Waals surface area contributed by atoms with Crippen LogP contribution in [-0.4, -0.2) is 85.6 Å². The van der Waals surface area contributed by atoms with Gasteiger partial charge in [-0.3, -0.25) is 28.8 Å². The number of carboxylic acids is 1. The molecule has 0 saturated carbocycles. The van der Waals surface area contributed by atoms with Gasteiger partial charge in [0.15, 0.2) is 19.8 Å². The number of aliphatic carboxylic acids is 1. The highest BCUT2D eigenvalue weighted by Crippen LogP contribution is 2.39. The maximum atomic E-state index is 12.1. The van der Waals surface area contributed by atoms with E-state index in [-0.39, 0.29) is 55.4 Å². The molecule has 9 rings (SSSR count). The molecule has 0 aliphatic carbocycles. The van der Waals surface area contributed by atoms with E-state index >= 15 is 0 Å². The smallest absolute Gasteiger partial charge is 0.320 e. The lowest BCUT2D eigenvalue weighted by molar-refractivity contribution is -0.139. The Hall–Kier alpha value is -7.73. The number of ether oxygens (including phenoxy) is 3. The van der Waals surface area contributed by atoms with Crippen LogP contribution in [0.3, 0.4) is 0 Å². The molecule has 0 fully saturated rings. The van der Waals surface area contributed by atoms with Gasteiger partial charge in [-0.1, -0.05) is 93.5 Å². The van der Waals surface area contributed by atoms with Gasteiger partial charge in [-0.2, -0.15) is 0 Å². The molecule has 13 N–H and O–H groups in total. The summed E-state index contributed by atoms with van der Waals surface area (Å²) in [6.07, 6.45) is 4.65. The Bertz CT molecular complexity index is 2990. The number of amides is 5. The van der Waals surface area contributed by atoms with Crippen molar-refractivity contribution in [3.05, 3.63) is 127 Å². The molecule has 0 aromatic heterocycles. The molecule has 80 heavy (non-hydrogen) atoms. The van der Waals surface area contributed by atoms with Crippen LogP contribution in [0.4, 0.5) is 34.1 Å². The average Bonchev–Trinajstić information content (AvgIpc) is 3.43. The van der Waals surface area contributed by atoms with Crippen molar-refractivity contribution in [1.82, 2.24) is 5.32 Å². The van der Waals surface area contributed by atoms with E-state index in [0.29, 0.717) is 64.9 Å². The van der Waals surface area contributed by atoms with Crippen LogP contribution in [0.5, 0.6) is 17.2 Å². The fourth-order valence-electron chi connectivity index (χ4n) is 7.65. The Morgan fingerprint density at radius 3 is 1.20 bits per heavy atom. The minimum atomic E-state index is -0.764. The summed E-state index contributed by atoms with van der Waals surface area (Å²) in [5, 5.41) is 25.2. The van der Waals surface area contributed by atoms with Crippen LogP contribution in [0.25, 0.3) is 0 Å². The normalized spacial score (nSPS) is 13.8. The van der Waals surface area contributed by atoms with Crippen molar-refractivity contribution < 1.29 is 48.1 Å². The van der Waals surface area contributed by atoms with E-state index in [1.807, 2.05) is 148 Å². The molecule has 3 unspecified atom stereocenters. The number of hydrogen-bond donors (Lipinski definition) is 10. The van der Waals surface area contributed by atoms with Crippen LogP contribution < -0.4 is 63.3 Å². The highest BCUT2D eigenvalue weighted by Gasteiger charge is 2.20. The van der Waals surface area contributed by atoms with Crippen LogP contribution in [0, 0.1) is 0 Å². The number of likely N-dealkylation sites (N-methyl/N-ethyl adjacent to an activating group) is 1. The zero-order chi connectivity index (χ0) is 57.6. The van der Waals surface area contributed by atoms with Crippen LogP contribution in [0.15, 0.2) is 157 Å². The molecule has 6 aromatic carbocycles. The summed E-state index contributed by atoms with van der Waals surface area (Å²) in [6.45, 7) is 6.09. The lowest BCUT2D eigenvalue weighted by Crippen LogP contribution is -2.35. The lowest BCUT2D eigenvalue weighted by atomic mass is 10.1. The molecule has 3 atom stereocenters. The van der Waals surface area contributed by atoms with Crippen molar-refractivity contribution in [3.63, 3.8) is 0 Å². The predicted octanol–water partition coefficient (Wildman–Crippen LogP) is 9.68. The van der Waals surface area contributed by atoms with Gasteiger partial charge < -0.3 is 68.4 Å². The fourth-order valence-corrected chi connectivity index (χ4v) is 10.4. The van der Waals surface area contributed by atoms with E-state index < -0.39 is 18.1 Å². The van der Waals surface area contributed by atoms with Gasteiger partial charge in [0, 0.05) is 46.4 Å². The largest absolute Gasteiger partial charge is 0.482 e. The minimum Gasteiger partial charge on any atom is -0.482 e. The third kappa shape index (κ3) is 19.6. The lowest BCUT2D eigenvalue weighted by Gasteiger charge is -2.18. The van der Waals surface area contributed by atoms with Gasteiger partial charge in [0.2, 0.25) is 11.8 Å². The third-order valence-corrected chi connectivity index (χ3v) is 14.6. The highest BCUT2D eigenvalue weighted by atomic mass is 32.2. The molecule has 22 heteroatoms. The van der Waals surface area contributed by atoms with Gasteiger partial charge in [-0.15, -0.1) is 0 Å². The van der Waals surface area contributed by atoms with E-state index in [1.54, 1.807) is 42.3 Å². The zero-order valence-electron chi connectivity index (χ0n) is 44.8. The topological polar surface area (TPSA) is 301 Å². The van der Waals surface area contributed by atoms with E-state index in [9.17, 15) is 28.8 Å². The van der Waals surface area contributed by atoms with Gasteiger partial charge in [-0.25, -0.2) is 0 Å². The number of hydrogen-bond acceptors (Lipinski definition) is 16. The second kappa shape index (κ2) is 31.2. The summed E-state index contributed by atoms with van der Waals surface area (Å²) in [5.74, 6) is 0.481. The predicted molar refractivity (Wildman–Crippen MR) is 316 cm³/mol. The molecular formula is C58H67N9O10S3. The molecule has 19 nitrogen and oxygen atoms in total. The van der Waals surface area contributed by atoms with Gasteiger partial charge in [0.05, 0.1) is 29.1 Å². The highest BCUT2D eigenvalue weighted by molar-refractivity contribution is 7.99. The number of nitrogen functional groups attached to an aromatic ring is 1. The standard InChI is InChI=1S/2C19H21N3O3S.C14H12N2O2S.C6H13NO2/c2*1-2-4-15(20)19(24)21-12-5-3-6-13(9-12)26-14-7-8-16-17(10-14)25-11-18(23)22-16;15-9-2-1-3-10(6-9)19-11-4-5-12-13(7-11)18-8-14(17)16-12;1-3-4-5(7-2)6(8)9/h2*3,5-10,15H,2,4,11,20H2,1H3,(H,21,24)(H,22,23);1-7H,8,15H2,(H,16,17);5,7H,3-4H2,1-2H3,(H,8,9). The monoisotopic (exact) mass is 1150 g/mol. The average molecular weight is 1150 g/mol. The number of nitrogens with two attached hydrogens (primary N) is 3. The summed E-state index contributed by atoms with van der Waals surface area (Å²) in [6, 6.07) is 38.5. The van der Waals surface area contributed by atoms with Crippen LogP contribution in [0.1, 0.15) is 59.3 Å². The first-order valence-electron chi connectivity index (χ1n) is 25.8. The summed E-state index contributed by atoms with van der Waals surface area (Å²) in [4.78, 5) is 74.3. The molecule has 3 heterocycles. The van der Waals surface area contributed by atoms with Crippen molar-refractivity contribution in [2.24, 2.45) is 11.5 Å². The number of carbonyl (C=O) groups is 6. The Kier molecular flexibility index (Phi) is 23.9. The summed E-state index contributed by atoms with van der Waals surface area (Å²) in [7, 11) is 1.66. The van der Waals surface area contributed by atoms with Crippen molar-refractivity contribution in [2.45, 2.75) is 107 Å². The molecule has 3 aliphatic heterocycles. The Morgan fingerprint density at radius 1 is 0.525 bits per heavy atom. The molecule has 0 radical (unpaired) electrons. The fraction of sp³-hybridized carbons (Fsp3) is 0.276. The van der Waals surface area contributed by atoms with Gasteiger partial charge in [0.25, 0.3) is 17.7 Å². The molecular weight excluding hydrogens is 1080 g/mol. The quantitative estimate of drug-likeness (QED) is 0.0358. The molecule has 3 aliphatic rings. The number of carbonyl (C=O) groups excluding carboxylic acids is 5. The second-order valence-electron chi connectivity index (χ2n) is 18.2. The van der Waals surface area contributed by atoms with Crippen LogP contribution in [-0.2, 0) is 28.8 Å². The van der Waals surface area contributed by atoms with Crippen LogP contribution >= 0.6 is 35.3 Å². The van der Waals surface area contributed by atoms with Gasteiger partial charge >= 0.3 is 5.97 Å². The molecule has 0 spiro atoms. The Morgan fingerprint density at radius 2 is 0.875 bits per heavy atom. The van der Waals surface area contributed by atoms with E-state index in [1.165, 1.54) is 0 Å². The molecule has 6 aromatic rings. The second-order valence-corrected chi connectivity index (χ2v) is 21.6. The number of fused-ring (bicyclic) bond motifs is 3. The van der Waals surface area contributed by atoms with Gasteiger partial charge in [-0.05, 0) is 136 Å². The van der Waals surface area contributed by atoms with Crippen molar-refractivity contribution in [3.8, 4) is 17.2 Å².